The molecule has 0 atom stereocenters. The molecule has 12 heteroatoms. The predicted molar refractivity (Wildman–Crippen MR) is 121 cm³/mol. The number of nitrogens with zero attached hydrogens (tertiary/aromatic N) is 2. The lowest BCUT2D eigenvalue weighted by Crippen LogP contribution is -2.36. The molecule has 0 spiro atoms. The standard InChI is InChI=1S/C23H25F3N4O5/c24-23(25,26)35-19-4-2-18(3-5-19)33-14-16-7-11-29(12-8-16)17-1-6-21(20(13-17)30(31)32)34-15-22-27-9-10-28-22/h1-6,9-10,13,16,22,27-28H,7-8,11-12,14-15H2. The van der Waals surface area contributed by atoms with Gasteiger partial charge in [0.2, 0.25) is 0 Å². The Balaban J connectivity index is 1.27. The van der Waals surface area contributed by atoms with E-state index in [2.05, 4.69) is 20.3 Å². The Kier molecular flexibility index (Phi) is 7.37. The Labute approximate surface area is 199 Å². The van der Waals surface area contributed by atoms with E-state index in [-0.39, 0.29) is 35.9 Å². The first-order chi connectivity index (χ1) is 16.8. The number of anilines is 1. The SMILES string of the molecule is O=[N+]([O-])c1cc(N2CCC(COc3ccc(OC(F)(F)F)cc3)CC2)ccc1OCC1NC=CN1. The molecule has 2 aliphatic rings. The number of hydrogen-bond acceptors (Lipinski definition) is 8. The molecule has 0 aliphatic carbocycles. The second-order valence-corrected chi connectivity index (χ2v) is 8.20. The van der Waals surface area contributed by atoms with Crippen LogP contribution in [0.15, 0.2) is 54.9 Å². The zero-order chi connectivity index (χ0) is 24.8. The molecule has 0 radical (unpaired) electrons. The number of rotatable bonds is 9. The fraction of sp³-hybridized carbons (Fsp3) is 0.391. The molecule has 2 aromatic rings. The van der Waals surface area contributed by atoms with E-state index < -0.39 is 11.3 Å². The van der Waals surface area contributed by atoms with Crippen molar-refractivity contribution in [3.05, 3.63) is 65.0 Å². The summed E-state index contributed by atoms with van der Waals surface area (Å²) in [4.78, 5) is 13.2. The normalized spacial score (nSPS) is 16.5. The van der Waals surface area contributed by atoms with Crippen LogP contribution in [-0.2, 0) is 0 Å². The van der Waals surface area contributed by atoms with Crippen molar-refractivity contribution in [2.24, 2.45) is 5.92 Å². The van der Waals surface area contributed by atoms with Gasteiger partial charge in [0.15, 0.2) is 5.75 Å². The highest BCUT2D eigenvalue weighted by Crippen LogP contribution is 2.34. The molecule has 1 fully saturated rings. The lowest BCUT2D eigenvalue weighted by molar-refractivity contribution is -0.385. The van der Waals surface area contributed by atoms with Gasteiger partial charge in [0.05, 0.1) is 11.5 Å². The van der Waals surface area contributed by atoms with Gasteiger partial charge < -0.3 is 29.7 Å². The second kappa shape index (κ2) is 10.6. The molecule has 2 N–H and O–H groups in total. The van der Waals surface area contributed by atoms with E-state index in [1.807, 2.05) is 6.07 Å². The fourth-order valence-corrected chi connectivity index (χ4v) is 3.92. The maximum Gasteiger partial charge on any atom is 0.573 e. The van der Waals surface area contributed by atoms with Crippen molar-refractivity contribution in [3.8, 4) is 17.2 Å². The van der Waals surface area contributed by atoms with Crippen LogP contribution in [0.1, 0.15) is 12.8 Å². The second-order valence-electron chi connectivity index (χ2n) is 8.20. The Morgan fingerprint density at radius 1 is 0.971 bits per heavy atom. The number of benzene rings is 2. The predicted octanol–water partition coefficient (Wildman–Crippen LogP) is 4.16. The van der Waals surface area contributed by atoms with Crippen molar-refractivity contribution in [1.82, 2.24) is 10.6 Å². The van der Waals surface area contributed by atoms with Crippen molar-refractivity contribution in [2.45, 2.75) is 25.4 Å². The Hall–Kier alpha value is -3.83. The molecule has 188 valence electrons. The highest BCUT2D eigenvalue weighted by atomic mass is 19.4. The molecule has 0 saturated carbocycles. The summed E-state index contributed by atoms with van der Waals surface area (Å²) in [6.45, 7) is 2.06. The number of nitrogens with one attached hydrogen (secondary N) is 2. The number of nitro groups is 1. The molecule has 2 aliphatic heterocycles. The van der Waals surface area contributed by atoms with Crippen LogP contribution < -0.4 is 29.7 Å². The van der Waals surface area contributed by atoms with E-state index >= 15 is 0 Å². The molecule has 2 heterocycles. The van der Waals surface area contributed by atoms with E-state index in [0.717, 1.165) is 18.5 Å². The van der Waals surface area contributed by atoms with Gasteiger partial charge in [-0.3, -0.25) is 10.1 Å². The van der Waals surface area contributed by atoms with Crippen LogP contribution in [-0.4, -0.2) is 43.8 Å². The highest BCUT2D eigenvalue weighted by molar-refractivity contribution is 5.60. The molecule has 4 rings (SSSR count). The first kappa shape index (κ1) is 24.3. The van der Waals surface area contributed by atoms with E-state index in [1.54, 1.807) is 18.5 Å². The Morgan fingerprint density at radius 3 is 2.26 bits per heavy atom. The first-order valence-corrected chi connectivity index (χ1v) is 11.1. The molecule has 35 heavy (non-hydrogen) atoms. The van der Waals surface area contributed by atoms with Gasteiger partial charge in [-0.1, -0.05) is 0 Å². The van der Waals surface area contributed by atoms with Gasteiger partial charge in [0.25, 0.3) is 0 Å². The lowest BCUT2D eigenvalue weighted by Gasteiger charge is -2.33. The van der Waals surface area contributed by atoms with E-state index in [4.69, 9.17) is 9.47 Å². The molecule has 9 nitrogen and oxygen atoms in total. The average molecular weight is 494 g/mol. The van der Waals surface area contributed by atoms with Gasteiger partial charge in [-0.15, -0.1) is 13.2 Å². The van der Waals surface area contributed by atoms with Crippen molar-refractivity contribution in [2.75, 3.05) is 31.2 Å². The number of halogens is 3. The third-order valence-corrected chi connectivity index (χ3v) is 5.75. The van der Waals surface area contributed by atoms with E-state index in [9.17, 15) is 23.3 Å². The van der Waals surface area contributed by atoms with E-state index in [0.29, 0.717) is 25.4 Å². The molecular weight excluding hydrogens is 469 g/mol. The molecule has 0 unspecified atom stereocenters. The topological polar surface area (TPSA) is 98.1 Å². The summed E-state index contributed by atoms with van der Waals surface area (Å²) in [6, 6.07) is 10.3. The minimum Gasteiger partial charge on any atom is -0.493 e. The number of alkyl halides is 3. The van der Waals surface area contributed by atoms with Crippen molar-refractivity contribution in [3.63, 3.8) is 0 Å². The van der Waals surface area contributed by atoms with Crippen LogP contribution in [0, 0.1) is 16.0 Å². The summed E-state index contributed by atoms with van der Waals surface area (Å²) in [7, 11) is 0. The van der Waals surface area contributed by atoms with Crippen molar-refractivity contribution in [1.29, 1.82) is 0 Å². The molecule has 0 bridgehead atoms. The molecular formula is C23H25F3N4O5. The molecule has 1 saturated heterocycles. The smallest absolute Gasteiger partial charge is 0.493 e. The average Bonchev–Trinajstić information content (AvgIpc) is 3.35. The number of hydrogen-bond donors (Lipinski definition) is 2. The van der Waals surface area contributed by atoms with Gasteiger partial charge in [0.1, 0.15) is 24.3 Å². The summed E-state index contributed by atoms with van der Waals surface area (Å²) in [5, 5.41) is 17.6. The van der Waals surface area contributed by atoms with Crippen LogP contribution in [0.4, 0.5) is 24.5 Å². The summed E-state index contributed by atoms with van der Waals surface area (Å²) in [5.41, 5.74) is 0.666. The van der Waals surface area contributed by atoms with Gasteiger partial charge >= 0.3 is 12.0 Å². The molecule has 0 amide bonds. The highest BCUT2D eigenvalue weighted by Gasteiger charge is 2.31. The monoisotopic (exact) mass is 494 g/mol. The maximum absolute atomic E-state index is 12.3. The largest absolute Gasteiger partial charge is 0.573 e. The van der Waals surface area contributed by atoms with Crippen LogP contribution in [0.5, 0.6) is 17.2 Å². The van der Waals surface area contributed by atoms with Gasteiger partial charge in [0, 0.05) is 37.2 Å². The summed E-state index contributed by atoms with van der Waals surface area (Å²) < 4.78 is 52.0. The minimum atomic E-state index is -4.73. The van der Waals surface area contributed by atoms with Gasteiger partial charge in [-0.05, 0) is 55.2 Å². The Bertz CT molecular complexity index is 1030. The van der Waals surface area contributed by atoms with E-state index in [1.165, 1.54) is 30.3 Å². The number of piperidine rings is 1. The third kappa shape index (κ3) is 6.84. The van der Waals surface area contributed by atoms with Gasteiger partial charge in [-0.25, -0.2) is 0 Å². The van der Waals surface area contributed by atoms with Crippen LogP contribution >= 0.6 is 0 Å². The van der Waals surface area contributed by atoms with Crippen molar-refractivity contribution >= 4 is 11.4 Å². The zero-order valence-electron chi connectivity index (χ0n) is 18.7. The fourth-order valence-electron chi connectivity index (χ4n) is 3.92. The van der Waals surface area contributed by atoms with Crippen molar-refractivity contribution < 1.29 is 32.3 Å². The quantitative estimate of drug-likeness (QED) is 0.396. The minimum absolute atomic E-state index is 0.0862. The third-order valence-electron chi connectivity index (χ3n) is 5.75. The Morgan fingerprint density at radius 2 is 1.63 bits per heavy atom. The van der Waals surface area contributed by atoms with Crippen LogP contribution in [0.25, 0.3) is 0 Å². The zero-order valence-corrected chi connectivity index (χ0v) is 18.7. The molecule has 2 aromatic carbocycles. The summed E-state index contributed by atoms with van der Waals surface area (Å²) in [6.07, 6.45) is 0.237. The molecule has 0 aromatic heterocycles. The summed E-state index contributed by atoms with van der Waals surface area (Å²) >= 11 is 0. The first-order valence-electron chi connectivity index (χ1n) is 11.1. The van der Waals surface area contributed by atoms with Crippen LogP contribution in [0.3, 0.4) is 0 Å². The van der Waals surface area contributed by atoms with Gasteiger partial charge in [-0.2, -0.15) is 0 Å². The maximum atomic E-state index is 12.3. The number of nitro benzene ring substituents is 1. The van der Waals surface area contributed by atoms with Crippen LogP contribution in [0.2, 0.25) is 0 Å². The lowest BCUT2D eigenvalue weighted by atomic mass is 9.97. The number of ether oxygens (including phenoxy) is 3. The summed E-state index contributed by atoms with van der Waals surface area (Å²) in [5.74, 6) is 0.638.